The summed E-state index contributed by atoms with van der Waals surface area (Å²) < 4.78 is 3.07. The molecule has 0 aliphatic heterocycles. The molecule has 2 aromatic rings. The van der Waals surface area contributed by atoms with Gasteiger partial charge in [-0.2, -0.15) is 0 Å². The largest absolute Gasteiger partial charge is 0.334 e. The van der Waals surface area contributed by atoms with Gasteiger partial charge in [-0.1, -0.05) is 12.1 Å². The van der Waals surface area contributed by atoms with Crippen molar-refractivity contribution in [2.45, 2.75) is 6.54 Å². The summed E-state index contributed by atoms with van der Waals surface area (Å²) in [4.78, 5) is 14.1. The number of aromatic nitrogens is 2. The molecule has 0 radical (unpaired) electrons. The Morgan fingerprint density at radius 1 is 1.29 bits per heavy atom. The van der Waals surface area contributed by atoms with Crippen LogP contribution in [0.3, 0.4) is 0 Å². The highest BCUT2D eigenvalue weighted by atomic mass is 16.1. The van der Waals surface area contributed by atoms with Crippen LogP contribution in [-0.4, -0.2) is 41.0 Å². The van der Waals surface area contributed by atoms with Crippen LogP contribution in [0.25, 0.3) is 11.0 Å². The van der Waals surface area contributed by atoms with E-state index in [0.717, 1.165) is 23.9 Å². The molecular weight excluding hydrogens is 216 g/mol. The summed E-state index contributed by atoms with van der Waals surface area (Å²) in [6.07, 6.45) is 1.07. The van der Waals surface area contributed by atoms with Gasteiger partial charge in [0.2, 0.25) is 0 Å². The molecule has 1 aromatic carbocycles. The lowest BCUT2D eigenvalue weighted by atomic mass is 10.3. The first-order chi connectivity index (χ1) is 8.15. The molecule has 0 bridgehead atoms. The van der Waals surface area contributed by atoms with Crippen LogP contribution in [0.1, 0.15) is 0 Å². The highest BCUT2D eigenvalue weighted by Gasteiger charge is 2.10. The minimum absolute atomic E-state index is 0.150. The molecule has 90 valence electrons. The van der Waals surface area contributed by atoms with Crippen LogP contribution in [-0.2, 0) is 6.54 Å². The third kappa shape index (κ3) is 2.01. The van der Waals surface area contributed by atoms with Crippen molar-refractivity contribution in [2.75, 3.05) is 20.6 Å². The quantitative estimate of drug-likeness (QED) is 0.626. The first kappa shape index (κ1) is 11.6. The number of benzene rings is 1. The Bertz CT molecular complexity index is 594. The molecule has 1 aromatic heterocycles. The number of para-hydroxylation sites is 2. The molecular formula is C12H16N4O. The fourth-order valence-electron chi connectivity index (χ4n) is 1.87. The van der Waals surface area contributed by atoms with Crippen molar-refractivity contribution in [3.8, 4) is 0 Å². The van der Waals surface area contributed by atoms with E-state index in [4.69, 9.17) is 5.41 Å². The first-order valence-corrected chi connectivity index (χ1v) is 5.50. The maximum Gasteiger partial charge on any atom is 0.334 e. The Kier molecular flexibility index (Phi) is 3.10. The standard InChI is InChI=1S/C12H16N4O/c1-14(2)7-8-15-10-5-3-4-6-11(10)16(9-13)12(15)17/h3-6,9,13H,7-8H2,1-2H3. The van der Waals surface area contributed by atoms with Gasteiger partial charge in [-0.25, -0.2) is 4.79 Å². The Morgan fingerprint density at radius 3 is 2.53 bits per heavy atom. The molecule has 17 heavy (non-hydrogen) atoms. The molecule has 0 spiro atoms. The van der Waals surface area contributed by atoms with E-state index in [1.165, 1.54) is 4.57 Å². The average molecular weight is 232 g/mol. The highest BCUT2D eigenvalue weighted by molar-refractivity contribution is 5.82. The van der Waals surface area contributed by atoms with E-state index < -0.39 is 0 Å². The van der Waals surface area contributed by atoms with Crippen LogP contribution in [0.4, 0.5) is 0 Å². The van der Waals surface area contributed by atoms with Crippen LogP contribution in [0.5, 0.6) is 0 Å². The topological polar surface area (TPSA) is 54.0 Å². The first-order valence-electron chi connectivity index (χ1n) is 5.50. The van der Waals surface area contributed by atoms with E-state index in [0.29, 0.717) is 6.54 Å². The lowest BCUT2D eigenvalue weighted by Gasteiger charge is -2.09. The molecule has 0 atom stereocenters. The summed E-state index contributed by atoms with van der Waals surface area (Å²) in [5.74, 6) is 0. The van der Waals surface area contributed by atoms with Crippen molar-refractivity contribution in [3.05, 3.63) is 34.7 Å². The van der Waals surface area contributed by atoms with Crippen LogP contribution < -0.4 is 5.69 Å². The number of hydrogen-bond acceptors (Lipinski definition) is 3. The summed E-state index contributed by atoms with van der Waals surface area (Å²) in [6.45, 7) is 1.43. The van der Waals surface area contributed by atoms with E-state index >= 15 is 0 Å². The number of nitrogens with one attached hydrogen (secondary N) is 1. The van der Waals surface area contributed by atoms with Gasteiger partial charge in [0.25, 0.3) is 0 Å². The Labute approximate surface area is 99.4 Å². The van der Waals surface area contributed by atoms with Crippen LogP contribution in [0, 0.1) is 5.41 Å². The normalized spacial score (nSPS) is 11.2. The lowest BCUT2D eigenvalue weighted by molar-refractivity contribution is 0.383. The van der Waals surface area contributed by atoms with Crippen LogP contribution >= 0.6 is 0 Å². The molecule has 0 aliphatic carbocycles. The molecule has 5 nitrogen and oxygen atoms in total. The molecule has 0 unspecified atom stereocenters. The Hall–Kier alpha value is -1.88. The summed E-state index contributed by atoms with van der Waals surface area (Å²) >= 11 is 0. The van der Waals surface area contributed by atoms with Gasteiger partial charge in [-0.15, -0.1) is 0 Å². The summed E-state index contributed by atoms with van der Waals surface area (Å²) in [5, 5.41) is 7.31. The molecule has 0 saturated carbocycles. The van der Waals surface area contributed by atoms with E-state index in [-0.39, 0.29) is 5.69 Å². The minimum Gasteiger partial charge on any atom is -0.308 e. The minimum atomic E-state index is -0.150. The van der Waals surface area contributed by atoms with Crippen molar-refractivity contribution in [1.82, 2.24) is 14.0 Å². The number of rotatable bonds is 4. The zero-order chi connectivity index (χ0) is 12.4. The highest BCUT2D eigenvalue weighted by Crippen LogP contribution is 2.11. The van der Waals surface area contributed by atoms with E-state index in [9.17, 15) is 4.79 Å². The lowest BCUT2D eigenvalue weighted by Crippen LogP contribution is -2.28. The number of nitrogens with zero attached hydrogens (tertiary/aromatic N) is 3. The van der Waals surface area contributed by atoms with Gasteiger partial charge in [-0.05, 0) is 26.2 Å². The SMILES string of the molecule is CN(C)CCn1c(=O)n(C=N)c2ccccc21. The molecule has 0 aliphatic rings. The van der Waals surface area contributed by atoms with Gasteiger partial charge in [0.05, 0.1) is 17.4 Å². The van der Waals surface area contributed by atoms with Gasteiger partial charge < -0.3 is 4.90 Å². The molecule has 5 heteroatoms. The smallest absolute Gasteiger partial charge is 0.308 e. The monoisotopic (exact) mass is 232 g/mol. The average Bonchev–Trinajstić information content (AvgIpc) is 2.58. The number of imidazole rings is 1. The second-order valence-electron chi connectivity index (χ2n) is 4.23. The zero-order valence-electron chi connectivity index (χ0n) is 10.1. The van der Waals surface area contributed by atoms with Crippen molar-refractivity contribution < 1.29 is 0 Å². The van der Waals surface area contributed by atoms with E-state index in [1.807, 2.05) is 43.3 Å². The summed E-state index contributed by atoms with van der Waals surface area (Å²) in [6, 6.07) is 7.54. The molecule has 0 amide bonds. The summed E-state index contributed by atoms with van der Waals surface area (Å²) in [7, 11) is 3.95. The Balaban J connectivity index is 2.58. The third-order valence-electron chi connectivity index (χ3n) is 2.77. The van der Waals surface area contributed by atoms with Crippen molar-refractivity contribution in [3.63, 3.8) is 0 Å². The van der Waals surface area contributed by atoms with E-state index in [1.54, 1.807) is 4.57 Å². The second-order valence-corrected chi connectivity index (χ2v) is 4.23. The maximum atomic E-state index is 12.1. The van der Waals surface area contributed by atoms with Crippen LogP contribution in [0.15, 0.2) is 29.1 Å². The van der Waals surface area contributed by atoms with Crippen molar-refractivity contribution >= 4 is 17.4 Å². The maximum absolute atomic E-state index is 12.1. The summed E-state index contributed by atoms with van der Waals surface area (Å²) in [5.41, 5.74) is 1.51. The number of hydrogen-bond donors (Lipinski definition) is 1. The third-order valence-corrected chi connectivity index (χ3v) is 2.77. The molecule has 1 N–H and O–H groups in total. The molecule has 0 saturated heterocycles. The zero-order valence-corrected chi connectivity index (χ0v) is 10.1. The van der Waals surface area contributed by atoms with Crippen molar-refractivity contribution in [1.29, 1.82) is 5.41 Å². The Morgan fingerprint density at radius 2 is 1.94 bits per heavy atom. The number of fused-ring (bicyclic) bond motifs is 1. The van der Waals surface area contributed by atoms with Gasteiger partial charge in [0.1, 0.15) is 0 Å². The van der Waals surface area contributed by atoms with Crippen molar-refractivity contribution in [2.24, 2.45) is 0 Å². The second kappa shape index (κ2) is 4.55. The molecule has 0 fully saturated rings. The van der Waals surface area contributed by atoms with Gasteiger partial charge >= 0.3 is 5.69 Å². The van der Waals surface area contributed by atoms with E-state index in [2.05, 4.69) is 0 Å². The molecule has 2 rings (SSSR count). The van der Waals surface area contributed by atoms with Gasteiger partial charge in [-0.3, -0.25) is 14.5 Å². The van der Waals surface area contributed by atoms with Gasteiger partial charge in [0.15, 0.2) is 0 Å². The number of likely N-dealkylation sites (N-methyl/N-ethyl adjacent to an activating group) is 1. The van der Waals surface area contributed by atoms with Crippen LogP contribution in [0.2, 0.25) is 0 Å². The predicted octanol–water partition coefficient (Wildman–Crippen LogP) is 0.820. The van der Waals surface area contributed by atoms with Gasteiger partial charge in [0, 0.05) is 13.1 Å². The molecule has 1 heterocycles. The predicted molar refractivity (Wildman–Crippen MR) is 68.9 cm³/mol. The fourth-order valence-corrected chi connectivity index (χ4v) is 1.87. The fraction of sp³-hybridized carbons (Fsp3) is 0.333.